The standard InChI is InChI=1S/C16H22N2O2S/c1-5-8-17-15(16-18-11(2)10-21-16)13-7-6-12(19-3)9-14(13)20-4/h6-7,9-10,15,17H,5,8H2,1-4H3. The smallest absolute Gasteiger partial charge is 0.127 e. The Morgan fingerprint density at radius 2 is 2.10 bits per heavy atom. The maximum absolute atomic E-state index is 5.53. The second-order valence-electron chi connectivity index (χ2n) is 4.82. The molecule has 0 aliphatic rings. The molecule has 0 aliphatic carbocycles. The first-order valence-corrected chi connectivity index (χ1v) is 7.94. The number of aromatic nitrogens is 1. The number of rotatable bonds is 7. The predicted molar refractivity (Wildman–Crippen MR) is 86.5 cm³/mol. The van der Waals surface area contributed by atoms with Gasteiger partial charge in [-0.25, -0.2) is 4.98 Å². The summed E-state index contributed by atoms with van der Waals surface area (Å²) in [5.41, 5.74) is 2.13. The van der Waals surface area contributed by atoms with Gasteiger partial charge in [0.25, 0.3) is 0 Å². The molecule has 0 fully saturated rings. The summed E-state index contributed by atoms with van der Waals surface area (Å²) < 4.78 is 10.8. The Balaban J connectivity index is 2.40. The van der Waals surface area contributed by atoms with Crippen molar-refractivity contribution in [3.8, 4) is 11.5 Å². The highest BCUT2D eigenvalue weighted by atomic mass is 32.1. The summed E-state index contributed by atoms with van der Waals surface area (Å²) in [5.74, 6) is 1.61. The molecule has 1 heterocycles. The van der Waals surface area contributed by atoms with Crippen LogP contribution in [0.3, 0.4) is 0 Å². The third-order valence-corrected chi connectivity index (χ3v) is 4.26. The molecule has 0 radical (unpaired) electrons. The van der Waals surface area contributed by atoms with E-state index in [1.54, 1.807) is 25.6 Å². The van der Waals surface area contributed by atoms with Crippen LogP contribution >= 0.6 is 11.3 Å². The van der Waals surface area contributed by atoms with Gasteiger partial charge in [0, 0.05) is 22.7 Å². The van der Waals surface area contributed by atoms with Gasteiger partial charge in [0.05, 0.1) is 20.3 Å². The molecule has 2 rings (SSSR count). The molecule has 0 spiro atoms. The Bertz CT molecular complexity index is 583. The van der Waals surface area contributed by atoms with Crippen LogP contribution in [0.15, 0.2) is 23.6 Å². The molecule has 0 amide bonds. The normalized spacial score (nSPS) is 12.2. The van der Waals surface area contributed by atoms with Gasteiger partial charge in [-0.15, -0.1) is 11.3 Å². The minimum Gasteiger partial charge on any atom is -0.497 e. The van der Waals surface area contributed by atoms with E-state index in [0.717, 1.165) is 40.7 Å². The predicted octanol–water partition coefficient (Wildman–Crippen LogP) is 3.56. The van der Waals surface area contributed by atoms with Gasteiger partial charge in [-0.2, -0.15) is 0 Å². The van der Waals surface area contributed by atoms with Crippen molar-refractivity contribution in [2.24, 2.45) is 0 Å². The van der Waals surface area contributed by atoms with Gasteiger partial charge in [0.2, 0.25) is 0 Å². The summed E-state index contributed by atoms with van der Waals surface area (Å²) in [6.07, 6.45) is 1.07. The van der Waals surface area contributed by atoms with E-state index in [4.69, 9.17) is 9.47 Å². The Labute approximate surface area is 130 Å². The van der Waals surface area contributed by atoms with Gasteiger partial charge in [-0.3, -0.25) is 0 Å². The first-order valence-electron chi connectivity index (χ1n) is 7.07. The molecule has 0 bridgehead atoms. The van der Waals surface area contributed by atoms with Gasteiger partial charge in [0.1, 0.15) is 16.5 Å². The van der Waals surface area contributed by atoms with Gasteiger partial charge >= 0.3 is 0 Å². The Hall–Kier alpha value is -1.59. The largest absolute Gasteiger partial charge is 0.497 e. The van der Waals surface area contributed by atoms with E-state index in [-0.39, 0.29) is 6.04 Å². The van der Waals surface area contributed by atoms with Crippen molar-refractivity contribution in [1.29, 1.82) is 0 Å². The number of nitrogens with one attached hydrogen (secondary N) is 1. The number of hydrogen-bond acceptors (Lipinski definition) is 5. The van der Waals surface area contributed by atoms with Crippen molar-refractivity contribution in [3.05, 3.63) is 39.8 Å². The topological polar surface area (TPSA) is 43.4 Å². The Morgan fingerprint density at radius 3 is 2.67 bits per heavy atom. The molecule has 0 saturated heterocycles. The molecule has 1 unspecified atom stereocenters. The minimum atomic E-state index is 0.0458. The highest BCUT2D eigenvalue weighted by Crippen LogP contribution is 2.34. The number of benzene rings is 1. The van der Waals surface area contributed by atoms with E-state index in [0.29, 0.717) is 0 Å². The third-order valence-electron chi connectivity index (χ3n) is 3.23. The summed E-state index contributed by atoms with van der Waals surface area (Å²) in [7, 11) is 3.34. The molecule has 1 atom stereocenters. The Kier molecular flexibility index (Phi) is 5.59. The minimum absolute atomic E-state index is 0.0458. The lowest BCUT2D eigenvalue weighted by molar-refractivity contribution is 0.387. The summed E-state index contributed by atoms with van der Waals surface area (Å²) >= 11 is 1.67. The molecule has 5 heteroatoms. The molecule has 114 valence electrons. The monoisotopic (exact) mass is 306 g/mol. The van der Waals surface area contributed by atoms with Crippen LogP contribution in [0.1, 0.15) is 35.7 Å². The molecule has 4 nitrogen and oxygen atoms in total. The summed E-state index contributed by atoms with van der Waals surface area (Å²) in [6, 6.07) is 5.96. The third kappa shape index (κ3) is 3.74. The van der Waals surface area contributed by atoms with E-state index in [1.165, 1.54) is 0 Å². The lowest BCUT2D eigenvalue weighted by Gasteiger charge is -2.20. The average molecular weight is 306 g/mol. The van der Waals surface area contributed by atoms with E-state index < -0.39 is 0 Å². The Morgan fingerprint density at radius 1 is 1.29 bits per heavy atom. The molecule has 0 saturated carbocycles. The highest BCUT2D eigenvalue weighted by Gasteiger charge is 2.21. The second kappa shape index (κ2) is 7.43. The zero-order valence-corrected chi connectivity index (χ0v) is 13.8. The van der Waals surface area contributed by atoms with Crippen LogP contribution in [0.25, 0.3) is 0 Å². The molecule has 2 aromatic rings. The zero-order valence-electron chi connectivity index (χ0n) is 13.0. The average Bonchev–Trinajstić information content (AvgIpc) is 2.94. The molecule has 0 aliphatic heterocycles. The maximum atomic E-state index is 5.53. The summed E-state index contributed by atoms with van der Waals surface area (Å²) in [5, 5.41) is 6.69. The van der Waals surface area contributed by atoms with E-state index >= 15 is 0 Å². The number of thiazole rings is 1. The first kappa shape index (κ1) is 15.8. The van der Waals surface area contributed by atoms with Crippen molar-refractivity contribution < 1.29 is 9.47 Å². The van der Waals surface area contributed by atoms with Crippen LogP contribution in [0.2, 0.25) is 0 Å². The van der Waals surface area contributed by atoms with E-state index in [9.17, 15) is 0 Å². The summed E-state index contributed by atoms with van der Waals surface area (Å²) in [6.45, 7) is 5.10. The van der Waals surface area contributed by atoms with Crippen LogP contribution in [0, 0.1) is 6.92 Å². The van der Waals surface area contributed by atoms with Crippen LogP contribution in [0.4, 0.5) is 0 Å². The highest BCUT2D eigenvalue weighted by molar-refractivity contribution is 7.09. The second-order valence-corrected chi connectivity index (χ2v) is 5.71. The number of methoxy groups -OCH3 is 2. The number of aryl methyl sites for hydroxylation is 1. The quantitative estimate of drug-likeness (QED) is 0.849. The zero-order chi connectivity index (χ0) is 15.2. The van der Waals surface area contributed by atoms with Gasteiger partial charge in [0.15, 0.2) is 0 Å². The molecular formula is C16H22N2O2S. The van der Waals surface area contributed by atoms with Crippen LogP contribution in [0.5, 0.6) is 11.5 Å². The lowest BCUT2D eigenvalue weighted by Crippen LogP contribution is -2.23. The van der Waals surface area contributed by atoms with Crippen LogP contribution < -0.4 is 14.8 Å². The van der Waals surface area contributed by atoms with Crippen molar-refractivity contribution in [2.75, 3.05) is 20.8 Å². The van der Waals surface area contributed by atoms with Crippen molar-refractivity contribution in [3.63, 3.8) is 0 Å². The fraction of sp³-hybridized carbons (Fsp3) is 0.438. The lowest BCUT2D eigenvalue weighted by atomic mass is 10.1. The fourth-order valence-corrected chi connectivity index (χ4v) is 3.07. The SMILES string of the molecule is CCCNC(c1nc(C)cs1)c1ccc(OC)cc1OC. The molecule has 1 aromatic heterocycles. The van der Waals surface area contributed by atoms with Crippen LogP contribution in [-0.2, 0) is 0 Å². The number of hydrogen-bond donors (Lipinski definition) is 1. The van der Waals surface area contributed by atoms with Gasteiger partial charge < -0.3 is 14.8 Å². The number of nitrogens with zero attached hydrogens (tertiary/aromatic N) is 1. The molecule has 1 aromatic carbocycles. The molecular weight excluding hydrogens is 284 g/mol. The van der Waals surface area contributed by atoms with Crippen molar-refractivity contribution in [2.45, 2.75) is 26.3 Å². The van der Waals surface area contributed by atoms with Gasteiger partial charge in [-0.1, -0.05) is 6.92 Å². The molecule has 1 N–H and O–H groups in total. The van der Waals surface area contributed by atoms with E-state index in [1.807, 2.05) is 25.1 Å². The number of ether oxygens (including phenoxy) is 2. The van der Waals surface area contributed by atoms with Crippen molar-refractivity contribution in [1.82, 2.24) is 10.3 Å². The summed E-state index contributed by atoms with van der Waals surface area (Å²) in [4.78, 5) is 4.63. The van der Waals surface area contributed by atoms with Crippen LogP contribution in [-0.4, -0.2) is 25.7 Å². The first-order chi connectivity index (χ1) is 10.2. The van der Waals surface area contributed by atoms with Gasteiger partial charge in [-0.05, 0) is 32.0 Å². The maximum Gasteiger partial charge on any atom is 0.127 e. The van der Waals surface area contributed by atoms with E-state index in [2.05, 4.69) is 22.6 Å². The molecule has 21 heavy (non-hydrogen) atoms. The fourth-order valence-electron chi connectivity index (χ4n) is 2.18. The van der Waals surface area contributed by atoms with Crippen molar-refractivity contribution >= 4 is 11.3 Å².